The van der Waals surface area contributed by atoms with Crippen molar-refractivity contribution in [3.8, 4) is 16.8 Å². The van der Waals surface area contributed by atoms with E-state index in [9.17, 15) is 0 Å². The van der Waals surface area contributed by atoms with Gasteiger partial charge in [-0.25, -0.2) is 0 Å². The molecular weight excluding hydrogens is 544 g/mol. The van der Waals surface area contributed by atoms with Crippen molar-refractivity contribution in [3.05, 3.63) is 192 Å². The third kappa shape index (κ3) is 3.13. The summed E-state index contributed by atoms with van der Waals surface area (Å²) in [4.78, 5) is 2.36. The van der Waals surface area contributed by atoms with Crippen molar-refractivity contribution in [2.45, 2.75) is 5.41 Å². The van der Waals surface area contributed by atoms with Crippen molar-refractivity contribution in [2.75, 3.05) is 4.90 Å². The standard InChI is InChI=1S/C43H28N2/c1-3-14-29(15-4-1)44(30-16-5-2-6-17-30)31-26-27-37-35(28-31)32-18-7-9-21-36(32)43(37)38-22-10-12-25-41(38)45-40-24-11-8-19-33(40)34-20-13-23-39(43)42(34)45/h1-28H. The van der Waals surface area contributed by atoms with Gasteiger partial charge in [0.15, 0.2) is 0 Å². The fourth-order valence-corrected chi connectivity index (χ4v) is 8.30. The van der Waals surface area contributed by atoms with Crippen LogP contribution in [-0.2, 0) is 5.41 Å². The van der Waals surface area contributed by atoms with Crippen LogP contribution >= 0.6 is 0 Å². The lowest BCUT2D eigenvalue weighted by molar-refractivity contribution is 0.748. The Morgan fingerprint density at radius 2 is 1.00 bits per heavy atom. The predicted molar refractivity (Wildman–Crippen MR) is 186 cm³/mol. The molecule has 2 heteroatoms. The lowest BCUT2D eigenvalue weighted by Gasteiger charge is -2.39. The SMILES string of the molecule is c1ccc(N(c2ccccc2)c2ccc3c(c2)-c2ccccc2C32c3ccccc3-n3c4ccccc4c4cccc2c43)cc1. The van der Waals surface area contributed by atoms with Crippen LogP contribution in [0.2, 0.25) is 0 Å². The number of hydrogen-bond acceptors (Lipinski definition) is 1. The predicted octanol–water partition coefficient (Wildman–Crippen LogP) is 10.9. The van der Waals surface area contributed by atoms with Gasteiger partial charge >= 0.3 is 0 Å². The van der Waals surface area contributed by atoms with Crippen LogP contribution in [-0.4, -0.2) is 4.57 Å². The molecule has 0 saturated carbocycles. The summed E-state index contributed by atoms with van der Waals surface area (Å²) in [5.41, 5.74) is 14.8. The molecule has 2 nitrogen and oxygen atoms in total. The first kappa shape index (κ1) is 24.6. The Balaban J connectivity index is 1.32. The van der Waals surface area contributed by atoms with Crippen LogP contribution in [0.5, 0.6) is 0 Å². The summed E-state index contributed by atoms with van der Waals surface area (Å²) in [7, 11) is 0. The van der Waals surface area contributed by atoms with E-state index >= 15 is 0 Å². The van der Waals surface area contributed by atoms with Crippen LogP contribution in [0.3, 0.4) is 0 Å². The van der Waals surface area contributed by atoms with Gasteiger partial charge in [-0.1, -0.05) is 121 Å². The minimum atomic E-state index is -0.435. The maximum Gasteiger partial charge on any atom is 0.0754 e. The largest absolute Gasteiger partial charge is 0.310 e. The van der Waals surface area contributed by atoms with Crippen molar-refractivity contribution < 1.29 is 0 Å². The van der Waals surface area contributed by atoms with Crippen LogP contribution in [0.4, 0.5) is 17.1 Å². The number of hydrogen-bond donors (Lipinski definition) is 0. The van der Waals surface area contributed by atoms with E-state index in [1.54, 1.807) is 0 Å². The van der Waals surface area contributed by atoms with E-state index in [2.05, 4.69) is 179 Å². The number of benzene rings is 7. The molecule has 1 atom stereocenters. The fraction of sp³-hybridized carbons (Fsp3) is 0.0233. The molecule has 0 fully saturated rings. The Bertz CT molecular complexity index is 2400. The second-order valence-electron chi connectivity index (χ2n) is 12.1. The van der Waals surface area contributed by atoms with E-state index in [0.29, 0.717) is 0 Å². The zero-order valence-corrected chi connectivity index (χ0v) is 24.6. The van der Waals surface area contributed by atoms with E-state index in [0.717, 1.165) is 17.1 Å². The Labute approximate surface area is 262 Å². The first-order valence-corrected chi connectivity index (χ1v) is 15.6. The molecule has 1 aliphatic carbocycles. The molecular formula is C43H28N2. The minimum absolute atomic E-state index is 0.435. The molecule has 45 heavy (non-hydrogen) atoms. The molecule has 0 amide bonds. The molecule has 7 aromatic carbocycles. The summed E-state index contributed by atoms with van der Waals surface area (Å²) >= 11 is 0. The number of rotatable bonds is 3. The third-order valence-corrected chi connectivity index (χ3v) is 9.96. The van der Waals surface area contributed by atoms with E-state index < -0.39 is 5.41 Å². The van der Waals surface area contributed by atoms with Gasteiger partial charge in [0.1, 0.15) is 0 Å². The average molecular weight is 573 g/mol. The van der Waals surface area contributed by atoms with Crippen molar-refractivity contribution in [1.82, 2.24) is 4.57 Å². The normalized spacial score (nSPS) is 15.6. The molecule has 0 saturated heterocycles. The Morgan fingerprint density at radius 3 is 1.80 bits per heavy atom. The van der Waals surface area contributed by atoms with E-state index in [1.165, 1.54) is 60.9 Å². The van der Waals surface area contributed by atoms with Crippen LogP contribution in [0.1, 0.15) is 22.3 Å². The van der Waals surface area contributed by atoms with Crippen molar-refractivity contribution >= 4 is 38.9 Å². The summed E-state index contributed by atoms with van der Waals surface area (Å²) in [6, 6.07) is 62.4. The van der Waals surface area contributed by atoms with Gasteiger partial charge in [0.05, 0.1) is 22.1 Å². The average Bonchev–Trinajstić information content (AvgIpc) is 3.60. The molecule has 8 aromatic rings. The smallest absolute Gasteiger partial charge is 0.0754 e. The van der Waals surface area contributed by atoms with Crippen LogP contribution in [0.15, 0.2) is 170 Å². The first-order chi connectivity index (χ1) is 22.4. The van der Waals surface area contributed by atoms with Crippen molar-refractivity contribution in [2.24, 2.45) is 0 Å². The lowest BCUT2D eigenvalue weighted by atomic mass is 9.65. The fourth-order valence-electron chi connectivity index (χ4n) is 8.30. The van der Waals surface area contributed by atoms with E-state index in [-0.39, 0.29) is 0 Å². The highest BCUT2D eigenvalue weighted by molar-refractivity contribution is 6.12. The molecule has 210 valence electrons. The van der Waals surface area contributed by atoms with E-state index in [1.807, 2.05) is 0 Å². The summed E-state index contributed by atoms with van der Waals surface area (Å²) in [6.07, 6.45) is 0. The zero-order chi connectivity index (χ0) is 29.5. The minimum Gasteiger partial charge on any atom is -0.310 e. The Kier molecular flexibility index (Phi) is 4.95. The number of anilines is 3. The Morgan fingerprint density at radius 1 is 0.400 bits per heavy atom. The Hall–Kier alpha value is -5.86. The number of fused-ring (bicyclic) bond motifs is 12. The van der Waals surface area contributed by atoms with Crippen molar-refractivity contribution in [3.63, 3.8) is 0 Å². The summed E-state index contributed by atoms with van der Waals surface area (Å²) in [5, 5.41) is 2.60. The lowest BCUT2D eigenvalue weighted by Crippen LogP contribution is -2.33. The molecule has 1 aromatic heterocycles. The second-order valence-corrected chi connectivity index (χ2v) is 12.1. The van der Waals surface area contributed by atoms with Crippen LogP contribution in [0, 0.1) is 0 Å². The highest BCUT2D eigenvalue weighted by Crippen LogP contribution is 2.61. The second kappa shape index (κ2) is 9.07. The van der Waals surface area contributed by atoms with Gasteiger partial charge in [-0.2, -0.15) is 0 Å². The maximum absolute atomic E-state index is 2.50. The van der Waals surface area contributed by atoms with Gasteiger partial charge in [-0.05, 0) is 81.9 Å². The maximum atomic E-state index is 2.50. The molecule has 0 N–H and O–H groups in total. The van der Waals surface area contributed by atoms with Crippen molar-refractivity contribution in [1.29, 1.82) is 0 Å². The van der Waals surface area contributed by atoms with Gasteiger partial charge in [0.25, 0.3) is 0 Å². The topological polar surface area (TPSA) is 8.17 Å². The molecule has 0 bridgehead atoms. The first-order valence-electron chi connectivity index (χ1n) is 15.6. The van der Waals surface area contributed by atoms with E-state index in [4.69, 9.17) is 0 Å². The summed E-state index contributed by atoms with van der Waals surface area (Å²) in [5.74, 6) is 0. The molecule has 10 rings (SSSR count). The van der Waals surface area contributed by atoms with Crippen LogP contribution < -0.4 is 4.90 Å². The molecule has 1 spiro atoms. The van der Waals surface area contributed by atoms with Crippen LogP contribution in [0.25, 0.3) is 38.6 Å². The molecule has 0 radical (unpaired) electrons. The zero-order valence-electron chi connectivity index (χ0n) is 24.6. The summed E-state index contributed by atoms with van der Waals surface area (Å²) < 4.78 is 2.50. The molecule has 1 aliphatic heterocycles. The van der Waals surface area contributed by atoms with Gasteiger partial charge in [0, 0.05) is 27.8 Å². The number of para-hydroxylation sites is 5. The quantitative estimate of drug-likeness (QED) is 0.204. The molecule has 1 unspecified atom stereocenters. The highest BCUT2D eigenvalue weighted by atomic mass is 15.1. The molecule has 2 aliphatic rings. The van der Waals surface area contributed by atoms with Gasteiger partial charge in [-0.3, -0.25) is 0 Å². The molecule has 2 heterocycles. The summed E-state index contributed by atoms with van der Waals surface area (Å²) in [6.45, 7) is 0. The number of aromatic nitrogens is 1. The third-order valence-electron chi connectivity index (χ3n) is 9.96. The van der Waals surface area contributed by atoms with Gasteiger partial charge < -0.3 is 9.47 Å². The highest BCUT2D eigenvalue weighted by Gasteiger charge is 2.50. The monoisotopic (exact) mass is 572 g/mol. The number of nitrogens with zero attached hydrogens (tertiary/aromatic N) is 2. The van der Waals surface area contributed by atoms with Gasteiger partial charge in [-0.15, -0.1) is 0 Å². The van der Waals surface area contributed by atoms with Gasteiger partial charge in [0.2, 0.25) is 0 Å².